The average molecular weight is 394 g/mol. The maximum Gasteiger partial charge on any atom is 0.219 e. The number of amides is 1. The van der Waals surface area contributed by atoms with Crippen LogP contribution in [0.1, 0.15) is 60.4 Å². The molecule has 2 aromatic rings. The fourth-order valence-electron chi connectivity index (χ4n) is 4.55. The molecule has 6 heteroatoms. The van der Waals surface area contributed by atoms with Gasteiger partial charge in [-0.25, -0.2) is 9.97 Å². The van der Waals surface area contributed by atoms with Crippen LogP contribution in [-0.4, -0.2) is 45.8 Å². The monoisotopic (exact) mass is 393 g/mol. The molecular weight excluding hydrogens is 362 g/mol. The second kappa shape index (κ2) is 8.49. The van der Waals surface area contributed by atoms with Crippen LogP contribution >= 0.6 is 0 Å². The average Bonchev–Trinajstić information content (AvgIpc) is 2.74. The van der Waals surface area contributed by atoms with Crippen LogP contribution in [-0.2, 0) is 24.3 Å². The molecule has 1 fully saturated rings. The predicted molar refractivity (Wildman–Crippen MR) is 115 cm³/mol. The van der Waals surface area contributed by atoms with E-state index >= 15 is 0 Å². The summed E-state index contributed by atoms with van der Waals surface area (Å²) in [5, 5.41) is 3.28. The summed E-state index contributed by atoms with van der Waals surface area (Å²) in [5.41, 5.74) is 4.86. The molecule has 1 amide bonds. The molecule has 2 aliphatic heterocycles. The van der Waals surface area contributed by atoms with E-state index in [1.165, 1.54) is 24.0 Å². The van der Waals surface area contributed by atoms with Gasteiger partial charge in [0.1, 0.15) is 11.6 Å². The minimum atomic E-state index is 0.112. The summed E-state index contributed by atoms with van der Waals surface area (Å²) in [5.74, 6) is 1.93. The number of aromatic nitrogens is 2. The SMILES string of the molecule is CNc1nc([C@H]2CCCCN2Cc2ccccc2C)nc2c1CCN(C(C)=O)C2. The number of likely N-dealkylation sites (tertiary alicyclic amines) is 1. The zero-order valence-electron chi connectivity index (χ0n) is 17.7. The minimum Gasteiger partial charge on any atom is -0.373 e. The Bertz CT molecular complexity index is 897. The topological polar surface area (TPSA) is 61.4 Å². The van der Waals surface area contributed by atoms with Crippen LogP contribution in [0.15, 0.2) is 24.3 Å². The van der Waals surface area contributed by atoms with Gasteiger partial charge in [-0.1, -0.05) is 30.7 Å². The Morgan fingerprint density at radius 2 is 2.03 bits per heavy atom. The van der Waals surface area contributed by atoms with Crippen molar-refractivity contribution in [2.75, 3.05) is 25.5 Å². The van der Waals surface area contributed by atoms with Crippen LogP contribution in [0.5, 0.6) is 0 Å². The first-order valence-electron chi connectivity index (χ1n) is 10.7. The second-order valence-electron chi connectivity index (χ2n) is 8.20. The van der Waals surface area contributed by atoms with E-state index in [1.807, 2.05) is 11.9 Å². The summed E-state index contributed by atoms with van der Waals surface area (Å²) in [6, 6.07) is 8.83. The smallest absolute Gasteiger partial charge is 0.219 e. The van der Waals surface area contributed by atoms with E-state index in [0.29, 0.717) is 6.54 Å². The van der Waals surface area contributed by atoms with Gasteiger partial charge >= 0.3 is 0 Å². The maximum atomic E-state index is 11.9. The fourth-order valence-corrected chi connectivity index (χ4v) is 4.55. The van der Waals surface area contributed by atoms with Crippen LogP contribution in [0.2, 0.25) is 0 Å². The van der Waals surface area contributed by atoms with Gasteiger partial charge in [0.25, 0.3) is 0 Å². The number of fused-ring (bicyclic) bond motifs is 1. The van der Waals surface area contributed by atoms with Crippen molar-refractivity contribution in [3.05, 3.63) is 52.5 Å². The number of aryl methyl sites for hydroxylation is 1. The van der Waals surface area contributed by atoms with Crippen LogP contribution in [0.25, 0.3) is 0 Å². The lowest BCUT2D eigenvalue weighted by Crippen LogP contribution is -2.37. The minimum absolute atomic E-state index is 0.112. The molecule has 29 heavy (non-hydrogen) atoms. The Morgan fingerprint density at radius 1 is 1.21 bits per heavy atom. The summed E-state index contributed by atoms with van der Waals surface area (Å²) in [7, 11) is 1.93. The highest BCUT2D eigenvalue weighted by atomic mass is 16.2. The highest BCUT2D eigenvalue weighted by Gasteiger charge is 2.30. The third kappa shape index (κ3) is 4.13. The number of hydrogen-bond acceptors (Lipinski definition) is 5. The molecule has 1 aromatic heterocycles. The first kappa shape index (κ1) is 19.8. The lowest BCUT2D eigenvalue weighted by molar-refractivity contribution is -0.129. The number of anilines is 1. The van der Waals surface area contributed by atoms with Crippen LogP contribution < -0.4 is 5.32 Å². The van der Waals surface area contributed by atoms with Gasteiger partial charge in [-0.05, 0) is 43.9 Å². The van der Waals surface area contributed by atoms with Crippen molar-refractivity contribution in [2.24, 2.45) is 0 Å². The molecule has 0 spiro atoms. The van der Waals surface area contributed by atoms with Crippen LogP contribution in [0, 0.1) is 6.92 Å². The Kier molecular flexibility index (Phi) is 5.81. The first-order valence-corrected chi connectivity index (χ1v) is 10.7. The molecule has 0 aliphatic carbocycles. The van der Waals surface area contributed by atoms with Crippen LogP contribution in [0.4, 0.5) is 5.82 Å². The molecule has 0 saturated carbocycles. The number of nitrogens with zero attached hydrogens (tertiary/aromatic N) is 4. The molecule has 1 saturated heterocycles. The van der Waals surface area contributed by atoms with E-state index in [0.717, 1.165) is 55.4 Å². The lowest BCUT2D eigenvalue weighted by atomic mass is 9.98. The third-order valence-corrected chi connectivity index (χ3v) is 6.31. The van der Waals surface area contributed by atoms with E-state index in [4.69, 9.17) is 9.97 Å². The number of rotatable bonds is 4. The molecule has 1 aromatic carbocycles. The van der Waals surface area contributed by atoms with Crippen molar-refractivity contribution in [3.8, 4) is 0 Å². The van der Waals surface area contributed by atoms with E-state index < -0.39 is 0 Å². The Labute approximate surface area is 173 Å². The Morgan fingerprint density at radius 3 is 2.79 bits per heavy atom. The van der Waals surface area contributed by atoms with E-state index in [1.54, 1.807) is 6.92 Å². The van der Waals surface area contributed by atoms with E-state index in [-0.39, 0.29) is 11.9 Å². The predicted octanol–water partition coefficient (Wildman–Crippen LogP) is 3.46. The molecular formula is C23H31N5O. The van der Waals surface area contributed by atoms with Gasteiger partial charge in [-0.2, -0.15) is 0 Å². The van der Waals surface area contributed by atoms with E-state index in [9.17, 15) is 4.79 Å². The largest absolute Gasteiger partial charge is 0.373 e. The molecule has 3 heterocycles. The number of piperidine rings is 1. The Hall–Kier alpha value is -2.47. The summed E-state index contributed by atoms with van der Waals surface area (Å²) in [4.78, 5) is 26.3. The fraction of sp³-hybridized carbons (Fsp3) is 0.522. The summed E-state index contributed by atoms with van der Waals surface area (Å²) >= 11 is 0. The number of carbonyl (C=O) groups excluding carboxylic acids is 1. The van der Waals surface area contributed by atoms with Gasteiger partial charge in [-0.3, -0.25) is 9.69 Å². The maximum absolute atomic E-state index is 11.9. The molecule has 4 rings (SSSR count). The van der Waals surface area contributed by atoms with Crippen LogP contribution in [0.3, 0.4) is 0 Å². The van der Waals surface area contributed by atoms with E-state index in [2.05, 4.69) is 41.4 Å². The van der Waals surface area contributed by atoms with Gasteiger partial charge in [0, 0.05) is 32.6 Å². The number of benzene rings is 1. The molecule has 1 N–H and O–H groups in total. The highest BCUT2D eigenvalue weighted by molar-refractivity contribution is 5.73. The normalized spacial score (nSPS) is 19.7. The number of hydrogen-bond donors (Lipinski definition) is 1. The molecule has 1 atom stereocenters. The zero-order chi connectivity index (χ0) is 20.4. The molecule has 6 nitrogen and oxygen atoms in total. The van der Waals surface area contributed by atoms with Crippen molar-refractivity contribution in [1.29, 1.82) is 0 Å². The standard InChI is InChI=1S/C23H31N5O/c1-16-8-4-5-9-18(16)14-28-12-7-6-10-21(28)23-25-20-15-27(17(2)29)13-11-19(20)22(24-3)26-23/h4-5,8-9,21H,6-7,10-15H2,1-3H3,(H,24,25,26)/t21-/m1/s1. The highest BCUT2D eigenvalue weighted by Crippen LogP contribution is 2.33. The number of nitrogens with one attached hydrogen (secondary N) is 1. The van der Waals surface area contributed by atoms with Gasteiger partial charge in [0.2, 0.25) is 5.91 Å². The zero-order valence-corrected chi connectivity index (χ0v) is 17.7. The van der Waals surface area contributed by atoms with Crippen molar-refractivity contribution in [1.82, 2.24) is 19.8 Å². The number of carbonyl (C=O) groups is 1. The molecule has 0 bridgehead atoms. The summed E-state index contributed by atoms with van der Waals surface area (Å²) < 4.78 is 0. The van der Waals surface area contributed by atoms with Gasteiger partial charge < -0.3 is 10.2 Å². The summed E-state index contributed by atoms with van der Waals surface area (Å²) in [6.07, 6.45) is 4.29. The third-order valence-electron chi connectivity index (χ3n) is 6.31. The van der Waals surface area contributed by atoms with Gasteiger partial charge in [-0.15, -0.1) is 0 Å². The van der Waals surface area contributed by atoms with Gasteiger partial charge in [0.15, 0.2) is 0 Å². The van der Waals surface area contributed by atoms with Crippen molar-refractivity contribution in [2.45, 2.75) is 58.7 Å². The Balaban J connectivity index is 1.65. The first-order chi connectivity index (χ1) is 14.1. The molecule has 0 radical (unpaired) electrons. The van der Waals surface area contributed by atoms with Crippen molar-refractivity contribution < 1.29 is 4.79 Å². The van der Waals surface area contributed by atoms with Crippen molar-refractivity contribution >= 4 is 11.7 Å². The molecule has 0 unspecified atom stereocenters. The second-order valence-corrected chi connectivity index (χ2v) is 8.20. The summed E-state index contributed by atoms with van der Waals surface area (Å²) in [6.45, 7) is 7.12. The van der Waals surface area contributed by atoms with Gasteiger partial charge in [0.05, 0.1) is 18.3 Å². The lowest BCUT2D eigenvalue weighted by Gasteiger charge is -2.36. The quantitative estimate of drug-likeness (QED) is 0.862. The van der Waals surface area contributed by atoms with Crippen molar-refractivity contribution in [3.63, 3.8) is 0 Å². The molecule has 2 aliphatic rings. The molecule has 154 valence electrons.